The van der Waals surface area contributed by atoms with Gasteiger partial charge in [-0.2, -0.15) is 0 Å². The van der Waals surface area contributed by atoms with Crippen LogP contribution in [0, 0.1) is 0 Å². The van der Waals surface area contributed by atoms with E-state index in [1.807, 2.05) is 30.3 Å². The molecule has 1 fully saturated rings. The Morgan fingerprint density at radius 3 is 2.88 bits per heavy atom. The Labute approximate surface area is 152 Å². The summed E-state index contributed by atoms with van der Waals surface area (Å²) >= 11 is 0. The van der Waals surface area contributed by atoms with Gasteiger partial charge in [0, 0.05) is 26.4 Å². The maximum absolute atomic E-state index is 5.74. The van der Waals surface area contributed by atoms with Gasteiger partial charge < -0.3 is 14.1 Å². The zero-order valence-corrected chi connectivity index (χ0v) is 15.1. The van der Waals surface area contributed by atoms with Gasteiger partial charge in [0.15, 0.2) is 5.82 Å². The average Bonchev–Trinajstić information content (AvgIpc) is 3.33. The minimum Gasteiger partial charge on any atom is -0.467 e. The van der Waals surface area contributed by atoms with Gasteiger partial charge in [0.05, 0.1) is 18.4 Å². The summed E-state index contributed by atoms with van der Waals surface area (Å²) in [7, 11) is 1.77. The lowest BCUT2D eigenvalue weighted by molar-refractivity contribution is -0.00510. The second kappa shape index (κ2) is 6.92. The first-order chi connectivity index (χ1) is 12.7. The minimum atomic E-state index is -0.176. The van der Waals surface area contributed by atoms with Crippen LogP contribution in [0.15, 0.2) is 47.2 Å². The maximum atomic E-state index is 5.74. The molecular weight excluding hydrogens is 330 g/mol. The van der Waals surface area contributed by atoms with E-state index in [2.05, 4.69) is 31.6 Å². The zero-order valence-electron chi connectivity index (χ0n) is 15.1. The molecule has 136 valence electrons. The van der Waals surface area contributed by atoms with Gasteiger partial charge in [-0.25, -0.2) is 0 Å². The maximum Gasteiger partial charge on any atom is 0.228 e. The van der Waals surface area contributed by atoms with Crippen LogP contribution < -0.4 is 4.90 Å². The van der Waals surface area contributed by atoms with Crippen molar-refractivity contribution in [2.45, 2.75) is 31.9 Å². The SMILES string of the molecule is COC1(C)CCCN(c2nnc(-c3ccccn3)n2Cc2ccco2)C1. The smallest absolute Gasteiger partial charge is 0.228 e. The van der Waals surface area contributed by atoms with Gasteiger partial charge >= 0.3 is 0 Å². The van der Waals surface area contributed by atoms with E-state index in [1.165, 1.54) is 0 Å². The fourth-order valence-electron chi connectivity index (χ4n) is 3.46. The molecule has 1 unspecified atom stereocenters. The molecule has 1 saturated heterocycles. The first kappa shape index (κ1) is 16.8. The number of furan rings is 1. The lowest BCUT2D eigenvalue weighted by Gasteiger charge is -2.39. The Morgan fingerprint density at radius 1 is 1.23 bits per heavy atom. The summed E-state index contributed by atoms with van der Waals surface area (Å²) in [5.74, 6) is 2.42. The standard InChI is InChI=1S/C19H23N5O2/c1-19(25-2)9-6-11-23(14-19)18-22-21-17(16-8-3-4-10-20-16)24(18)13-15-7-5-12-26-15/h3-5,7-8,10,12H,6,9,11,13-14H2,1-2H3. The third kappa shape index (κ3) is 3.22. The Bertz CT molecular complexity index is 846. The third-order valence-electron chi connectivity index (χ3n) is 4.95. The molecule has 0 N–H and O–H groups in total. The van der Waals surface area contributed by atoms with Gasteiger partial charge in [-0.3, -0.25) is 9.55 Å². The number of hydrogen-bond donors (Lipinski definition) is 0. The summed E-state index contributed by atoms with van der Waals surface area (Å²) in [6.45, 7) is 4.41. The van der Waals surface area contributed by atoms with Crippen molar-refractivity contribution in [2.75, 3.05) is 25.1 Å². The van der Waals surface area contributed by atoms with E-state index in [-0.39, 0.29) is 5.60 Å². The highest BCUT2D eigenvalue weighted by molar-refractivity contribution is 5.53. The number of hydrogen-bond acceptors (Lipinski definition) is 6. The molecule has 26 heavy (non-hydrogen) atoms. The molecule has 7 heteroatoms. The fourth-order valence-corrected chi connectivity index (χ4v) is 3.46. The van der Waals surface area contributed by atoms with Gasteiger partial charge in [0.1, 0.15) is 11.5 Å². The molecule has 0 aromatic carbocycles. The highest BCUT2D eigenvalue weighted by Gasteiger charge is 2.33. The van der Waals surface area contributed by atoms with E-state index in [0.29, 0.717) is 6.54 Å². The molecule has 0 aliphatic carbocycles. The van der Waals surface area contributed by atoms with Gasteiger partial charge in [-0.05, 0) is 44.0 Å². The number of methoxy groups -OCH3 is 1. The van der Waals surface area contributed by atoms with Gasteiger partial charge in [0.2, 0.25) is 5.95 Å². The van der Waals surface area contributed by atoms with Crippen molar-refractivity contribution in [3.63, 3.8) is 0 Å². The number of rotatable bonds is 5. The number of nitrogens with zero attached hydrogens (tertiary/aromatic N) is 5. The summed E-state index contributed by atoms with van der Waals surface area (Å²) in [5, 5.41) is 8.94. The average molecular weight is 353 g/mol. The van der Waals surface area contributed by atoms with Crippen LogP contribution in [0.1, 0.15) is 25.5 Å². The molecule has 0 radical (unpaired) electrons. The predicted octanol–water partition coefficient (Wildman–Crippen LogP) is 2.99. The van der Waals surface area contributed by atoms with Crippen molar-refractivity contribution in [3.05, 3.63) is 48.6 Å². The highest BCUT2D eigenvalue weighted by Crippen LogP contribution is 2.29. The summed E-state index contributed by atoms with van der Waals surface area (Å²) in [6.07, 6.45) is 5.54. The third-order valence-corrected chi connectivity index (χ3v) is 4.95. The number of ether oxygens (including phenoxy) is 1. The topological polar surface area (TPSA) is 69.2 Å². The van der Waals surface area contributed by atoms with Gasteiger partial charge in [-0.1, -0.05) is 6.07 Å². The Hall–Kier alpha value is -2.67. The zero-order chi connectivity index (χ0) is 18.0. The normalized spacial score (nSPS) is 20.5. The van der Waals surface area contributed by atoms with Gasteiger partial charge in [-0.15, -0.1) is 10.2 Å². The van der Waals surface area contributed by atoms with Crippen LogP contribution in [0.3, 0.4) is 0 Å². The van der Waals surface area contributed by atoms with Crippen LogP contribution in [0.5, 0.6) is 0 Å². The quantitative estimate of drug-likeness (QED) is 0.702. The molecule has 1 atom stereocenters. The number of aromatic nitrogens is 4. The lowest BCUT2D eigenvalue weighted by Crippen LogP contribution is -2.48. The van der Waals surface area contributed by atoms with E-state index in [0.717, 1.165) is 49.2 Å². The van der Waals surface area contributed by atoms with Crippen molar-refractivity contribution >= 4 is 5.95 Å². The number of piperidine rings is 1. The van der Waals surface area contributed by atoms with Crippen molar-refractivity contribution in [1.29, 1.82) is 0 Å². The van der Waals surface area contributed by atoms with Crippen LogP contribution in [0.4, 0.5) is 5.95 Å². The fraction of sp³-hybridized carbons (Fsp3) is 0.421. The molecule has 0 bridgehead atoms. The Balaban J connectivity index is 1.73. The van der Waals surface area contributed by atoms with Gasteiger partial charge in [0.25, 0.3) is 0 Å². The highest BCUT2D eigenvalue weighted by atomic mass is 16.5. The van der Waals surface area contributed by atoms with Crippen LogP contribution in [-0.2, 0) is 11.3 Å². The molecule has 1 aliphatic rings. The van der Waals surface area contributed by atoms with Crippen LogP contribution in [-0.4, -0.2) is 45.5 Å². The van der Waals surface area contributed by atoms with Crippen LogP contribution in [0.25, 0.3) is 11.5 Å². The van der Waals surface area contributed by atoms with E-state index in [9.17, 15) is 0 Å². The second-order valence-electron chi connectivity index (χ2n) is 6.88. The molecule has 0 saturated carbocycles. The summed E-state index contributed by atoms with van der Waals surface area (Å²) in [6, 6.07) is 9.65. The largest absolute Gasteiger partial charge is 0.467 e. The molecule has 0 amide bonds. The molecule has 1 aliphatic heterocycles. The molecule has 3 aromatic rings. The Kier molecular flexibility index (Phi) is 4.46. The van der Waals surface area contributed by atoms with Crippen molar-refractivity contribution < 1.29 is 9.15 Å². The summed E-state index contributed by atoms with van der Waals surface area (Å²) < 4.78 is 13.4. The Morgan fingerprint density at radius 2 is 2.15 bits per heavy atom. The van der Waals surface area contributed by atoms with Crippen LogP contribution in [0.2, 0.25) is 0 Å². The molecular formula is C19H23N5O2. The second-order valence-corrected chi connectivity index (χ2v) is 6.88. The first-order valence-corrected chi connectivity index (χ1v) is 8.86. The summed E-state index contributed by atoms with van der Waals surface area (Å²) in [5.41, 5.74) is 0.620. The van der Waals surface area contributed by atoms with E-state index in [1.54, 1.807) is 19.6 Å². The number of anilines is 1. The molecule has 4 rings (SSSR count). The molecule has 0 spiro atoms. The first-order valence-electron chi connectivity index (χ1n) is 8.86. The number of pyridine rings is 1. The van der Waals surface area contributed by atoms with Crippen molar-refractivity contribution in [1.82, 2.24) is 19.7 Å². The van der Waals surface area contributed by atoms with E-state index in [4.69, 9.17) is 9.15 Å². The van der Waals surface area contributed by atoms with Crippen LogP contribution >= 0.6 is 0 Å². The predicted molar refractivity (Wildman–Crippen MR) is 97.9 cm³/mol. The molecule has 3 aromatic heterocycles. The minimum absolute atomic E-state index is 0.176. The van der Waals surface area contributed by atoms with E-state index < -0.39 is 0 Å². The molecule has 4 heterocycles. The van der Waals surface area contributed by atoms with Crippen molar-refractivity contribution in [2.24, 2.45) is 0 Å². The van der Waals surface area contributed by atoms with Crippen molar-refractivity contribution in [3.8, 4) is 11.5 Å². The van der Waals surface area contributed by atoms with E-state index >= 15 is 0 Å². The lowest BCUT2D eigenvalue weighted by atomic mass is 9.95. The monoisotopic (exact) mass is 353 g/mol. The molecule has 7 nitrogen and oxygen atoms in total. The summed E-state index contributed by atoms with van der Waals surface area (Å²) in [4.78, 5) is 6.69.